The van der Waals surface area contributed by atoms with Crippen molar-refractivity contribution in [3.8, 4) is 0 Å². The summed E-state index contributed by atoms with van der Waals surface area (Å²) in [5.41, 5.74) is 41.7. The third kappa shape index (κ3) is 2.63. The van der Waals surface area contributed by atoms with Crippen LogP contribution < -0.4 is 51.6 Å². The molecule has 0 aromatic rings. The van der Waals surface area contributed by atoms with Gasteiger partial charge in [-0.05, 0) is 6.42 Å². The first-order chi connectivity index (χ1) is 8.67. The fourth-order valence-electron chi connectivity index (χ4n) is 1.73. The molecule has 0 radical (unpaired) electrons. The molecule has 11 nitrogen and oxygen atoms in total. The fourth-order valence-corrected chi connectivity index (χ4v) is 1.73. The molecule has 1 unspecified atom stereocenters. The smallest absolute Gasteiger partial charge is 0.342 e. The quantitative estimate of drug-likeness (QED) is 0.198. The standard InChI is InChI=1S/C9H27N9O2/c1-2-3-4(10)6(11,12)8(15,16)9(17,18)7(13,14)5(19)20/h4H,2-3,10-18H2,1H3,(H,19,20). The largest absolute Gasteiger partial charge is 0.479 e. The first kappa shape index (κ1) is 19.1. The first-order valence-electron chi connectivity index (χ1n) is 5.97. The molecule has 0 aliphatic heterocycles. The number of hydrogen-bond acceptors (Lipinski definition) is 10. The van der Waals surface area contributed by atoms with Crippen LogP contribution in [0.1, 0.15) is 19.8 Å². The zero-order valence-corrected chi connectivity index (χ0v) is 11.5. The highest BCUT2D eigenvalue weighted by Crippen LogP contribution is 2.25. The third-order valence-electron chi connectivity index (χ3n) is 3.65. The van der Waals surface area contributed by atoms with Crippen molar-refractivity contribution in [2.24, 2.45) is 51.6 Å². The predicted octanol–water partition coefficient (Wildman–Crippen LogP) is -5.35. The first-order valence-corrected chi connectivity index (χ1v) is 5.97. The van der Waals surface area contributed by atoms with Crippen LogP contribution in [0.25, 0.3) is 0 Å². The molecule has 0 bridgehead atoms. The van der Waals surface area contributed by atoms with Crippen LogP contribution in [0.4, 0.5) is 0 Å². The minimum absolute atomic E-state index is 0.356. The highest BCUT2D eigenvalue weighted by atomic mass is 16.4. The van der Waals surface area contributed by atoms with Crippen LogP contribution in [0.3, 0.4) is 0 Å². The summed E-state index contributed by atoms with van der Waals surface area (Å²) in [4.78, 5) is 11.1. The Labute approximate surface area is 117 Å². The molecule has 0 heterocycles. The second-order valence-electron chi connectivity index (χ2n) is 5.24. The van der Waals surface area contributed by atoms with Crippen LogP contribution >= 0.6 is 0 Å². The van der Waals surface area contributed by atoms with Crippen LogP contribution in [0.5, 0.6) is 0 Å². The number of nitrogens with two attached hydrogens (primary N) is 9. The lowest BCUT2D eigenvalue weighted by molar-refractivity contribution is -0.148. The van der Waals surface area contributed by atoms with Crippen molar-refractivity contribution in [1.82, 2.24) is 0 Å². The minimum Gasteiger partial charge on any atom is -0.479 e. The maximum Gasteiger partial charge on any atom is 0.342 e. The number of carboxylic acids is 1. The molecule has 20 heavy (non-hydrogen) atoms. The average molecular weight is 293 g/mol. The Morgan fingerprint density at radius 3 is 1.70 bits per heavy atom. The van der Waals surface area contributed by atoms with E-state index in [1.54, 1.807) is 0 Å². The maximum atomic E-state index is 11.1. The van der Waals surface area contributed by atoms with Gasteiger partial charge < -0.3 is 56.7 Å². The van der Waals surface area contributed by atoms with Gasteiger partial charge in [0.25, 0.3) is 0 Å². The monoisotopic (exact) mass is 293 g/mol. The van der Waals surface area contributed by atoms with Gasteiger partial charge in [0, 0.05) is 6.04 Å². The Hall–Kier alpha value is -0.890. The van der Waals surface area contributed by atoms with Gasteiger partial charge in [-0.1, -0.05) is 13.3 Å². The summed E-state index contributed by atoms with van der Waals surface area (Å²) in [6.45, 7) is 1.83. The molecule has 0 aromatic heterocycles. The lowest BCUT2D eigenvalue weighted by Crippen LogP contribution is -2.99. The molecule has 0 amide bonds. The number of rotatable bonds is 7. The van der Waals surface area contributed by atoms with Gasteiger partial charge in [0.1, 0.15) is 17.0 Å². The summed E-state index contributed by atoms with van der Waals surface area (Å²) in [7, 11) is 0. The van der Waals surface area contributed by atoms with E-state index in [0.29, 0.717) is 12.8 Å². The van der Waals surface area contributed by atoms with Gasteiger partial charge in [0.2, 0.25) is 0 Å². The summed E-state index contributed by atoms with van der Waals surface area (Å²) in [6, 6.07) is -0.904. The van der Waals surface area contributed by atoms with E-state index in [9.17, 15) is 4.79 Å². The van der Waals surface area contributed by atoms with Crippen LogP contribution in [-0.2, 0) is 4.79 Å². The normalized spacial score (nSPS) is 16.1. The second-order valence-corrected chi connectivity index (χ2v) is 5.24. The summed E-state index contributed by atoms with van der Waals surface area (Å²) in [5.74, 6) is -1.72. The van der Waals surface area contributed by atoms with Crippen molar-refractivity contribution in [3.63, 3.8) is 0 Å². The lowest BCUT2D eigenvalue weighted by atomic mass is 9.73. The van der Waals surface area contributed by atoms with E-state index >= 15 is 0 Å². The summed E-state index contributed by atoms with van der Waals surface area (Å²) < 4.78 is 0. The van der Waals surface area contributed by atoms with Crippen molar-refractivity contribution < 1.29 is 9.90 Å². The summed E-state index contributed by atoms with van der Waals surface area (Å²) in [5, 5.41) is 9.01. The maximum absolute atomic E-state index is 11.1. The Kier molecular flexibility index (Phi) is 5.23. The molecular weight excluding hydrogens is 266 g/mol. The fraction of sp³-hybridized carbons (Fsp3) is 0.889. The molecule has 0 spiro atoms. The molecule has 0 aliphatic carbocycles. The minimum atomic E-state index is -2.67. The lowest BCUT2D eigenvalue weighted by Gasteiger charge is -2.55. The van der Waals surface area contributed by atoms with Gasteiger partial charge >= 0.3 is 5.97 Å². The molecule has 0 rings (SSSR count). The predicted molar refractivity (Wildman–Crippen MR) is 74.9 cm³/mol. The van der Waals surface area contributed by atoms with E-state index in [1.165, 1.54) is 0 Å². The van der Waals surface area contributed by atoms with Gasteiger partial charge in [0.15, 0.2) is 5.66 Å². The Balaban J connectivity index is 5.77. The molecule has 0 aliphatic rings. The van der Waals surface area contributed by atoms with Crippen molar-refractivity contribution in [3.05, 3.63) is 0 Å². The average Bonchev–Trinajstić information content (AvgIpc) is 2.28. The van der Waals surface area contributed by atoms with Gasteiger partial charge in [-0.3, -0.25) is 0 Å². The van der Waals surface area contributed by atoms with Crippen LogP contribution in [-0.4, -0.2) is 39.8 Å². The molecular formula is C9H27N9O2. The van der Waals surface area contributed by atoms with E-state index in [4.69, 9.17) is 56.7 Å². The molecule has 19 N–H and O–H groups in total. The van der Waals surface area contributed by atoms with Gasteiger partial charge in [-0.15, -0.1) is 0 Å². The third-order valence-corrected chi connectivity index (χ3v) is 3.65. The van der Waals surface area contributed by atoms with E-state index in [-0.39, 0.29) is 0 Å². The zero-order valence-electron chi connectivity index (χ0n) is 11.5. The highest BCUT2D eigenvalue weighted by Gasteiger charge is 2.64. The molecule has 120 valence electrons. The van der Waals surface area contributed by atoms with Gasteiger partial charge in [-0.25, -0.2) is 4.79 Å². The van der Waals surface area contributed by atoms with E-state index in [1.807, 2.05) is 6.92 Å². The van der Waals surface area contributed by atoms with Crippen LogP contribution in [0.2, 0.25) is 0 Å². The molecule has 1 atom stereocenters. The number of carboxylic acid groups (broad SMARTS) is 1. The van der Waals surface area contributed by atoms with Crippen molar-refractivity contribution in [2.75, 3.05) is 0 Å². The molecule has 0 fully saturated rings. The molecule has 0 saturated carbocycles. The summed E-state index contributed by atoms with van der Waals surface area (Å²) >= 11 is 0. The Bertz CT molecular complexity index is 366. The van der Waals surface area contributed by atoms with Gasteiger partial charge in [0.05, 0.1) is 0 Å². The van der Waals surface area contributed by atoms with Crippen molar-refractivity contribution in [1.29, 1.82) is 0 Å². The van der Waals surface area contributed by atoms with E-state index < -0.39 is 34.7 Å². The van der Waals surface area contributed by atoms with Crippen molar-refractivity contribution in [2.45, 2.75) is 48.5 Å². The number of carbonyl (C=O) groups is 1. The van der Waals surface area contributed by atoms with Gasteiger partial charge in [-0.2, -0.15) is 0 Å². The number of hydrogen-bond donors (Lipinski definition) is 10. The topological polar surface area (TPSA) is 271 Å². The highest BCUT2D eigenvalue weighted by molar-refractivity contribution is 5.80. The molecule has 0 aromatic carbocycles. The number of aliphatic carboxylic acids is 1. The molecule has 11 heteroatoms. The van der Waals surface area contributed by atoms with E-state index in [0.717, 1.165) is 0 Å². The second kappa shape index (κ2) is 5.48. The van der Waals surface area contributed by atoms with E-state index in [2.05, 4.69) is 0 Å². The summed E-state index contributed by atoms with van der Waals surface area (Å²) in [6.07, 6.45) is 0.985. The van der Waals surface area contributed by atoms with Crippen LogP contribution in [0.15, 0.2) is 0 Å². The SMILES string of the molecule is CCCC(N)C(N)(N)C(N)(N)C(N)(N)C(N)(N)C(=O)O. The zero-order chi connectivity index (χ0) is 16.6. The van der Waals surface area contributed by atoms with Crippen LogP contribution in [0, 0.1) is 0 Å². The molecule has 0 saturated heterocycles. The van der Waals surface area contributed by atoms with Crippen molar-refractivity contribution >= 4 is 5.97 Å². The Morgan fingerprint density at radius 1 is 1.00 bits per heavy atom. The Morgan fingerprint density at radius 2 is 1.40 bits per heavy atom.